The largest absolute Gasteiger partial charge is 0.458 e. The summed E-state index contributed by atoms with van der Waals surface area (Å²) < 4.78 is 5.65. The van der Waals surface area contributed by atoms with Crippen molar-refractivity contribution in [3.8, 4) is 0 Å². The first-order chi connectivity index (χ1) is 7.13. The maximum Gasteiger partial charge on any atom is 0.154 e. The van der Waals surface area contributed by atoms with Crippen molar-refractivity contribution in [3.05, 3.63) is 34.0 Å². The molecule has 1 N–H and O–H groups in total. The molecule has 80 valence electrons. The maximum absolute atomic E-state index is 6.04. The van der Waals surface area contributed by atoms with Gasteiger partial charge in [0.25, 0.3) is 0 Å². The highest BCUT2D eigenvalue weighted by molar-refractivity contribution is 6.44. The van der Waals surface area contributed by atoms with E-state index in [1.165, 1.54) is 0 Å². The minimum absolute atomic E-state index is 0.159. The van der Waals surface area contributed by atoms with Gasteiger partial charge in [-0.2, -0.15) is 0 Å². The Morgan fingerprint density at radius 2 is 2.07 bits per heavy atom. The summed E-state index contributed by atoms with van der Waals surface area (Å²) in [5.41, 5.74) is 0.654. The van der Waals surface area contributed by atoms with Gasteiger partial charge in [-0.3, -0.25) is 0 Å². The van der Waals surface area contributed by atoms with Gasteiger partial charge >= 0.3 is 0 Å². The Balaban J connectivity index is 2.61. The van der Waals surface area contributed by atoms with Crippen LogP contribution >= 0.6 is 23.2 Å². The predicted octanol–water partition coefficient (Wildman–Crippen LogP) is 4.02. The second-order valence-electron chi connectivity index (χ2n) is 3.44. The van der Waals surface area contributed by atoms with Gasteiger partial charge in [-0.15, -0.1) is 0 Å². The van der Waals surface area contributed by atoms with Crippen LogP contribution in [0, 0.1) is 0 Å². The number of halogens is 2. The van der Waals surface area contributed by atoms with Crippen LogP contribution in [0.25, 0.3) is 11.0 Å². The van der Waals surface area contributed by atoms with Gasteiger partial charge in [0, 0.05) is 5.39 Å². The highest BCUT2D eigenvalue weighted by atomic mass is 35.5. The third-order valence-electron chi connectivity index (χ3n) is 2.46. The Kier molecular flexibility index (Phi) is 2.91. The van der Waals surface area contributed by atoms with Crippen molar-refractivity contribution in [3.63, 3.8) is 0 Å². The van der Waals surface area contributed by atoms with Crippen LogP contribution in [0.1, 0.15) is 18.7 Å². The molecule has 1 aromatic carbocycles. The average molecular weight is 244 g/mol. The minimum Gasteiger partial charge on any atom is -0.458 e. The third kappa shape index (κ3) is 1.85. The van der Waals surface area contributed by atoms with Gasteiger partial charge in [0.05, 0.1) is 11.1 Å². The monoisotopic (exact) mass is 243 g/mol. The standard InChI is InChI=1S/C11H11Cl2NO/c1-6(14-2)9-5-7-3-4-8(12)10(13)11(7)15-9/h3-6,14H,1-2H3. The van der Waals surface area contributed by atoms with Gasteiger partial charge in [0.1, 0.15) is 10.8 Å². The molecule has 2 aromatic rings. The summed E-state index contributed by atoms with van der Waals surface area (Å²) in [6.45, 7) is 2.02. The van der Waals surface area contributed by atoms with Crippen LogP contribution in [0.3, 0.4) is 0 Å². The number of nitrogens with one attached hydrogen (secondary N) is 1. The summed E-state index contributed by atoms with van der Waals surface area (Å²) >= 11 is 11.9. The molecule has 1 aromatic heterocycles. The molecule has 0 aliphatic rings. The fraction of sp³-hybridized carbons (Fsp3) is 0.273. The molecule has 0 aliphatic carbocycles. The van der Waals surface area contributed by atoms with E-state index in [4.69, 9.17) is 27.6 Å². The first-order valence-electron chi connectivity index (χ1n) is 4.68. The van der Waals surface area contributed by atoms with Crippen molar-refractivity contribution in [1.29, 1.82) is 0 Å². The summed E-state index contributed by atoms with van der Waals surface area (Å²) in [4.78, 5) is 0. The van der Waals surface area contributed by atoms with Crippen molar-refractivity contribution in [2.75, 3.05) is 7.05 Å². The Hall–Kier alpha value is -0.700. The van der Waals surface area contributed by atoms with Crippen LogP contribution in [0.15, 0.2) is 22.6 Å². The molecule has 0 spiro atoms. The van der Waals surface area contributed by atoms with Gasteiger partial charge in [0.15, 0.2) is 5.58 Å². The molecule has 1 heterocycles. The van der Waals surface area contributed by atoms with Crippen molar-refractivity contribution < 1.29 is 4.42 Å². The van der Waals surface area contributed by atoms with Crippen LogP contribution in [0.4, 0.5) is 0 Å². The first kappa shape index (κ1) is 10.8. The lowest BCUT2D eigenvalue weighted by Crippen LogP contribution is -2.10. The Morgan fingerprint density at radius 1 is 1.33 bits per heavy atom. The molecule has 2 rings (SSSR count). The zero-order chi connectivity index (χ0) is 11.0. The van der Waals surface area contributed by atoms with Crippen molar-refractivity contribution in [2.45, 2.75) is 13.0 Å². The minimum atomic E-state index is 0.159. The lowest BCUT2D eigenvalue weighted by Gasteiger charge is -2.04. The maximum atomic E-state index is 6.04. The molecule has 1 atom stereocenters. The number of fused-ring (bicyclic) bond motifs is 1. The summed E-state index contributed by atoms with van der Waals surface area (Å²) in [6, 6.07) is 5.81. The van der Waals surface area contributed by atoms with E-state index in [-0.39, 0.29) is 6.04 Å². The average Bonchev–Trinajstić information content (AvgIpc) is 2.67. The van der Waals surface area contributed by atoms with E-state index in [0.717, 1.165) is 11.1 Å². The Labute approximate surface area is 98.2 Å². The quantitative estimate of drug-likeness (QED) is 0.862. The van der Waals surface area contributed by atoms with E-state index in [1.54, 1.807) is 6.07 Å². The van der Waals surface area contributed by atoms with Gasteiger partial charge < -0.3 is 9.73 Å². The molecular weight excluding hydrogens is 233 g/mol. The second-order valence-corrected chi connectivity index (χ2v) is 4.22. The van der Waals surface area contributed by atoms with Gasteiger partial charge in [-0.05, 0) is 32.2 Å². The summed E-state index contributed by atoms with van der Waals surface area (Å²) in [6.07, 6.45) is 0. The topological polar surface area (TPSA) is 25.2 Å². The highest BCUT2D eigenvalue weighted by Gasteiger charge is 2.13. The fourth-order valence-electron chi connectivity index (χ4n) is 1.42. The number of benzene rings is 1. The molecule has 15 heavy (non-hydrogen) atoms. The zero-order valence-electron chi connectivity index (χ0n) is 8.47. The molecule has 0 bridgehead atoms. The number of hydrogen-bond acceptors (Lipinski definition) is 2. The van der Waals surface area contributed by atoms with E-state index in [1.807, 2.05) is 26.1 Å². The van der Waals surface area contributed by atoms with Crippen LogP contribution < -0.4 is 5.32 Å². The third-order valence-corrected chi connectivity index (χ3v) is 3.24. The molecule has 1 unspecified atom stereocenters. The second kappa shape index (κ2) is 4.05. The summed E-state index contributed by atoms with van der Waals surface area (Å²) in [5, 5.41) is 5.07. The number of furan rings is 1. The number of hydrogen-bond donors (Lipinski definition) is 1. The molecule has 0 radical (unpaired) electrons. The Morgan fingerprint density at radius 3 is 2.73 bits per heavy atom. The molecule has 0 saturated carbocycles. The molecule has 0 saturated heterocycles. The predicted molar refractivity (Wildman–Crippen MR) is 63.7 cm³/mol. The molecule has 4 heteroatoms. The van der Waals surface area contributed by atoms with Crippen molar-refractivity contribution in [2.24, 2.45) is 0 Å². The van der Waals surface area contributed by atoms with Crippen LogP contribution in [0.2, 0.25) is 10.0 Å². The molecule has 2 nitrogen and oxygen atoms in total. The van der Waals surface area contributed by atoms with Crippen molar-refractivity contribution in [1.82, 2.24) is 5.32 Å². The van der Waals surface area contributed by atoms with E-state index in [0.29, 0.717) is 15.6 Å². The van der Waals surface area contributed by atoms with Crippen molar-refractivity contribution >= 4 is 34.2 Å². The molecule has 0 aliphatic heterocycles. The van der Waals surface area contributed by atoms with E-state index in [9.17, 15) is 0 Å². The number of rotatable bonds is 2. The zero-order valence-corrected chi connectivity index (χ0v) is 9.99. The highest BCUT2D eigenvalue weighted by Crippen LogP contribution is 2.34. The summed E-state index contributed by atoms with van der Waals surface area (Å²) in [5.74, 6) is 0.858. The van der Waals surface area contributed by atoms with E-state index in [2.05, 4.69) is 5.32 Å². The summed E-state index contributed by atoms with van der Waals surface area (Å²) in [7, 11) is 1.88. The van der Waals surface area contributed by atoms with E-state index >= 15 is 0 Å². The van der Waals surface area contributed by atoms with Gasteiger partial charge in [-0.25, -0.2) is 0 Å². The molecule has 0 amide bonds. The van der Waals surface area contributed by atoms with Gasteiger partial charge in [0.2, 0.25) is 0 Å². The van der Waals surface area contributed by atoms with Gasteiger partial charge in [-0.1, -0.05) is 23.2 Å². The van der Waals surface area contributed by atoms with E-state index < -0.39 is 0 Å². The normalized spacial score (nSPS) is 13.3. The first-order valence-corrected chi connectivity index (χ1v) is 5.43. The van der Waals surface area contributed by atoms with Crippen LogP contribution in [-0.2, 0) is 0 Å². The smallest absolute Gasteiger partial charge is 0.154 e. The lowest BCUT2D eigenvalue weighted by molar-refractivity contribution is 0.475. The van der Waals surface area contributed by atoms with Crippen LogP contribution in [-0.4, -0.2) is 7.05 Å². The van der Waals surface area contributed by atoms with Crippen LogP contribution in [0.5, 0.6) is 0 Å². The molecular formula is C11H11Cl2NO. The molecule has 0 fully saturated rings. The fourth-order valence-corrected chi connectivity index (χ4v) is 1.78. The lowest BCUT2D eigenvalue weighted by atomic mass is 10.2. The SMILES string of the molecule is CNC(C)c1cc2ccc(Cl)c(Cl)c2o1. The Bertz CT molecular complexity index is 493.